The van der Waals surface area contributed by atoms with Gasteiger partial charge in [-0.15, -0.1) is 12.4 Å². The maximum atomic E-state index is 12.2. The van der Waals surface area contributed by atoms with E-state index in [0.29, 0.717) is 19.5 Å². The van der Waals surface area contributed by atoms with Gasteiger partial charge in [-0.3, -0.25) is 9.59 Å². The van der Waals surface area contributed by atoms with Gasteiger partial charge < -0.3 is 20.7 Å². The van der Waals surface area contributed by atoms with E-state index in [2.05, 4.69) is 5.32 Å². The van der Waals surface area contributed by atoms with Gasteiger partial charge in [0, 0.05) is 13.1 Å². The maximum absolute atomic E-state index is 12.2. The molecule has 1 heterocycles. The molecule has 122 valence electrons. The smallest absolute Gasteiger partial charge is 0.245 e. The predicted molar refractivity (Wildman–Crippen MR) is 85.9 cm³/mol. The summed E-state index contributed by atoms with van der Waals surface area (Å²) < 4.78 is 5.10. The van der Waals surface area contributed by atoms with Gasteiger partial charge in [0.2, 0.25) is 11.8 Å². The second-order valence-electron chi connectivity index (χ2n) is 5.25. The Labute approximate surface area is 136 Å². The van der Waals surface area contributed by atoms with Crippen LogP contribution in [0.25, 0.3) is 0 Å². The lowest BCUT2D eigenvalue weighted by atomic mass is 10.2. The minimum atomic E-state index is -0.603. The third-order valence-corrected chi connectivity index (χ3v) is 3.56. The van der Waals surface area contributed by atoms with Gasteiger partial charge in [-0.05, 0) is 31.0 Å². The molecule has 1 fully saturated rings. The van der Waals surface area contributed by atoms with E-state index in [9.17, 15) is 9.59 Å². The minimum absolute atomic E-state index is 0. The molecule has 2 rings (SSSR count). The molecule has 1 aromatic carbocycles. The van der Waals surface area contributed by atoms with Crippen LogP contribution in [0.15, 0.2) is 24.3 Å². The lowest BCUT2D eigenvalue weighted by Crippen LogP contribution is -2.47. The van der Waals surface area contributed by atoms with Crippen molar-refractivity contribution in [2.45, 2.75) is 32.0 Å². The Bertz CT molecular complexity index is 519. The van der Waals surface area contributed by atoms with Crippen molar-refractivity contribution in [2.75, 3.05) is 13.7 Å². The number of methoxy groups -OCH3 is 1. The first-order valence-corrected chi connectivity index (χ1v) is 6.99. The largest absolute Gasteiger partial charge is 0.497 e. The van der Waals surface area contributed by atoms with Gasteiger partial charge >= 0.3 is 0 Å². The quantitative estimate of drug-likeness (QED) is 0.833. The molecular weight excluding hydrogens is 306 g/mol. The summed E-state index contributed by atoms with van der Waals surface area (Å²) >= 11 is 0. The summed E-state index contributed by atoms with van der Waals surface area (Å²) in [4.78, 5) is 25.5. The third-order valence-electron chi connectivity index (χ3n) is 3.56. The molecule has 2 amide bonds. The number of benzene rings is 1. The lowest BCUT2D eigenvalue weighted by molar-refractivity contribution is -0.133. The fraction of sp³-hybridized carbons (Fsp3) is 0.467. The zero-order valence-electron chi connectivity index (χ0n) is 12.7. The van der Waals surface area contributed by atoms with Crippen LogP contribution in [0.5, 0.6) is 5.75 Å². The van der Waals surface area contributed by atoms with E-state index in [1.165, 1.54) is 0 Å². The molecule has 0 saturated carbocycles. The highest BCUT2D eigenvalue weighted by atomic mass is 35.5. The standard InChI is InChI=1S/C15H21N3O3.ClH/c1-10(16)14(19)17-13-7-8-18(15(13)20)9-11-3-5-12(21-2)6-4-11;/h3-6,10,13H,7-9,16H2,1-2H3,(H,17,19);1H/t10-,13?;/m1./s1. The van der Waals surface area contributed by atoms with Gasteiger partial charge in [-0.1, -0.05) is 12.1 Å². The van der Waals surface area contributed by atoms with Gasteiger partial charge in [0.15, 0.2) is 0 Å². The Morgan fingerprint density at radius 2 is 2.09 bits per heavy atom. The number of carbonyl (C=O) groups is 2. The normalized spacial score (nSPS) is 18.6. The molecule has 3 N–H and O–H groups in total. The fourth-order valence-corrected chi connectivity index (χ4v) is 2.28. The Kier molecular flexibility index (Phi) is 6.64. The fourth-order valence-electron chi connectivity index (χ4n) is 2.28. The predicted octanol–water partition coefficient (Wildman–Crippen LogP) is 0.681. The third kappa shape index (κ3) is 4.35. The van der Waals surface area contributed by atoms with Crippen molar-refractivity contribution in [2.24, 2.45) is 5.73 Å². The molecule has 1 aliphatic rings. The lowest BCUT2D eigenvalue weighted by Gasteiger charge is -2.18. The number of halogens is 1. The monoisotopic (exact) mass is 327 g/mol. The van der Waals surface area contributed by atoms with Crippen LogP contribution in [0, 0.1) is 0 Å². The molecule has 0 aromatic heterocycles. The SMILES string of the molecule is COc1ccc(CN2CCC(NC(=O)[C@@H](C)N)C2=O)cc1.Cl. The molecule has 1 aromatic rings. The van der Waals surface area contributed by atoms with E-state index in [1.807, 2.05) is 24.3 Å². The molecule has 1 saturated heterocycles. The Hall–Kier alpha value is -1.79. The van der Waals surface area contributed by atoms with Gasteiger partial charge in [0.25, 0.3) is 0 Å². The summed E-state index contributed by atoms with van der Waals surface area (Å²) in [6, 6.07) is 6.53. The van der Waals surface area contributed by atoms with Crippen LogP contribution in [0.3, 0.4) is 0 Å². The van der Waals surface area contributed by atoms with E-state index in [-0.39, 0.29) is 24.2 Å². The first-order valence-electron chi connectivity index (χ1n) is 6.99. The molecule has 0 bridgehead atoms. The summed E-state index contributed by atoms with van der Waals surface area (Å²) in [5, 5.41) is 2.69. The molecule has 1 aliphatic heterocycles. The zero-order chi connectivity index (χ0) is 15.4. The Morgan fingerprint density at radius 1 is 1.45 bits per heavy atom. The van der Waals surface area contributed by atoms with E-state index in [1.54, 1.807) is 18.9 Å². The zero-order valence-corrected chi connectivity index (χ0v) is 13.6. The Morgan fingerprint density at radius 3 is 2.64 bits per heavy atom. The molecule has 1 unspecified atom stereocenters. The summed E-state index contributed by atoms with van der Waals surface area (Å²) in [6.45, 7) is 2.77. The van der Waals surface area contributed by atoms with Crippen molar-refractivity contribution < 1.29 is 14.3 Å². The van der Waals surface area contributed by atoms with Crippen molar-refractivity contribution >= 4 is 24.2 Å². The van der Waals surface area contributed by atoms with Gasteiger partial charge in [-0.25, -0.2) is 0 Å². The van der Waals surface area contributed by atoms with E-state index >= 15 is 0 Å². The number of rotatable bonds is 5. The van der Waals surface area contributed by atoms with Crippen LogP contribution in [0.1, 0.15) is 18.9 Å². The van der Waals surface area contributed by atoms with E-state index < -0.39 is 12.1 Å². The molecular formula is C15H22ClN3O3. The Balaban J connectivity index is 0.00000242. The topological polar surface area (TPSA) is 84.7 Å². The number of hydrogen-bond acceptors (Lipinski definition) is 4. The van der Waals surface area contributed by atoms with Crippen molar-refractivity contribution in [3.63, 3.8) is 0 Å². The van der Waals surface area contributed by atoms with Crippen molar-refractivity contribution in [1.82, 2.24) is 10.2 Å². The number of likely N-dealkylation sites (tertiary alicyclic amines) is 1. The highest BCUT2D eigenvalue weighted by Gasteiger charge is 2.32. The molecule has 7 heteroatoms. The van der Waals surface area contributed by atoms with E-state index in [0.717, 1.165) is 11.3 Å². The maximum Gasteiger partial charge on any atom is 0.245 e. The summed E-state index contributed by atoms with van der Waals surface area (Å²) in [6.07, 6.45) is 0.619. The van der Waals surface area contributed by atoms with E-state index in [4.69, 9.17) is 10.5 Å². The van der Waals surface area contributed by atoms with Crippen LogP contribution in [-0.2, 0) is 16.1 Å². The summed E-state index contributed by atoms with van der Waals surface area (Å²) in [5.41, 5.74) is 6.53. The molecule has 22 heavy (non-hydrogen) atoms. The van der Waals surface area contributed by atoms with Crippen LogP contribution in [0.4, 0.5) is 0 Å². The molecule has 0 aliphatic carbocycles. The number of carbonyl (C=O) groups excluding carboxylic acids is 2. The number of nitrogens with one attached hydrogen (secondary N) is 1. The van der Waals surface area contributed by atoms with Gasteiger partial charge in [0.05, 0.1) is 13.2 Å². The average molecular weight is 328 g/mol. The van der Waals surface area contributed by atoms with Gasteiger partial charge in [0.1, 0.15) is 11.8 Å². The molecule has 2 atom stereocenters. The molecule has 0 radical (unpaired) electrons. The van der Waals surface area contributed by atoms with Crippen molar-refractivity contribution in [3.8, 4) is 5.75 Å². The highest BCUT2D eigenvalue weighted by Crippen LogP contribution is 2.17. The van der Waals surface area contributed by atoms with Crippen LogP contribution >= 0.6 is 12.4 Å². The van der Waals surface area contributed by atoms with Crippen molar-refractivity contribution in [1.29, 1.82) is 0 Å². The number of hydrogen-bond donors (Lipinski definition) is 2. The summed E-state index contributed by atoms with van der Waals surface area (Å²) in [7, 11) is 1.62. The van der Waals surface area contributed by atoms with Crippen molar-refractivity contribution in [3.05, 3.63) is 29.8 Å². The number of nitrogens with two attached hydrogens (primary N) is 1. The molecule has 6 nitrogen and oxygen atoms in total. The first kappa shape index (κ1) is 18.3. The van der Waals surface area contributed by atoms with Gasteiger partial charge in [-0.2, -0.15) is 0 Å². The molecule has 0 spiro atoms. The number of nitrogens with zero attached hydrogens (tertiary/aromatic N) is 1. The van der Waals surface area contributed by atoms with Crippen LogP contribution < -0.4 is 15.8 Å². The first-order chi connectivity index (χ1) is 10.0. The number of amides is 2. The van der Waals surface area contributed by atoms with Crippen LogP contribution in [-0.4, -0.2) is 42.5 Å². The second kappa shape index (κ2) is 8.00. The van der Waals surface area contributed by atoms with Crippen LogP contribution in [0.2, 0.25) is 0 Å². The highest BCUT2D eigenvalue weighted by molar-refractivity contribution is 5.90. The average Bonchev–Trinajstić information content (AvgIpc) is 2.81. The minimum Gasteiger partial charge on any atom is -0.497 e. The number of ether oxygens (including phenoxy) is 1. The summed E-state index contributed by atoms with van der Waals surface area (Å²) in [5.74, 6) is 0.438. The second-order valence-corrected chi connectivity index (χ2v) is 5.25.